The van der Waals surface area contributed by atoms with Gasteiger partial charge in [0.2, 0.25) is 47.3 Å². The number of Topliss-reactive ketones (excluding diaryl/α,β-unsaturated/α-hetero) is 3. The van der Waals surface area contributed by atoms with Gasteiger partial charge in [-0.1, -0.05) is 104 Å². The molecule has 1 aromatic heterocycles. The minimum Gasteiger partial charge on any atom is -0.390 e. The maximum atomic E-state index is 15.5. The largest absolute Gasteiger partial charge is 0.435 e. The van der Waals surface area contributed by atoms with E-state index < -0.39 is 173 Å². The Morgan fingerprint density at radius 1 is 0.536 bits per heavy atom. The molecule has 0 spiro atoms. The van der Waals surface area contributed by atoms with Gasteiger partial charge in [-0.2, -0.15) is 18.3 Å². The maximum Gasteiger partial charge on any atom is 0.435 e. The van der Waals surface area contributed by atoms with Crippen molar-refractivity contribution >= 4 is 64.6 Å². The molecule has 0 unspecified atom stereocenters. The molecule has 97 heavy (non-hydrogen) atoms. The summed E-state index contributed by atoms with van der Waals surface area (Å²) in [5.74, 6) is -12.2. The molecule has 1 aliphatic heterocycles. The van der Waals surface area contributed by atoms with Crippen LogP contribution >= 0.6 is 0 Å². The molecule has 0 bridgehead atoms. The van der Waals surface area contributed by atoms with Gasteiger partial charge >= 0.3 is 6.18 Å². The summed E-state index contributed by atoms with van der Waals surface area (Å²) in [4.78, 5) is 174. The standard InChI is InChI=1S/C71H122F3N11O12/c1-27-49-35-58(88)61(62(89)45(14)28-29-77(18)38-50-36-59(71(72,73)74)76-85(50)26)84(25)70(97)60(44(12)13)83(24)69(96)55(33-42(8)9)82(23)68(95)54(32-41(6)7)81(22)64(91)47(16)75-63(90)46(15)34-56(86)52(30-39(2)3)80(21)67(94)51(43(10)11)37-57(87)53(31-40(4)5)79(20)65(92)48(17)78(19)66(49)93/h36,39-49,51-55,60-62,89H,27-35,37-38H2,1-26H3,(H,75,90)/t45-,46+,47+,48-,49+,51-,52-,53+,54-,55-,60-,61+,62-/m1/s1. The van der Waals surface area contributed by atoms with Gasteiger partial charge < -0.3 is 49.6 Å². The molecule has 8 amide bonds. The van der Waals surface area contributed by atoms with Gasteiger partial charge in [-0.15, -0.1) is 0 Å². The highest BCUT2D eigenvalue weighted by atomic mass is 19.4. The number of likely N-dealkylation sites (N-methyl/N-ethyl adjacent to an activating group) is 7. The summed E-state index contributed by atoms with van der Waals surface area (Å²) in [7, 11) is 13.0. The van der Waals surface area contributed by atoms with Gasteiger partial charge in [0.1, 0.15) is 36.3 Å². The van der Waals surface area contributed by atoms with Crippen LogP contribution in [0.2, 0.25) is 0 Å². The van der Waals surface area contributed by atoms with E-state index in [9.17, 15) is 51.8 Å². The molecule has 26 heteroatoms. The Bertz CT molecular complexity index is 2860. The van der Waals surface area contributed by atoms with Crippen LogP contribution in [0.15, 0.2) is 6.07 Å². The number of carbonyl (C=O) groups is 11. The second kappa shape index (κ2) is 37.8. The number of halogens is 3. The van der Waals surface area contributed by atoms with Crippen LogP contribution in [0.3, 0.4) is 0 Å². The number of aromatic nitrogens is 2. The van der Waals surface area contributed by atoms with Gasteiger partial charge in [0.25, 0.3) is 0 Å². The van der Waals surface area contributed by atoms with Crippen LogP contribution in [-0.4, -0.2) is 236 Å². The van der Waals surface area contributed by atoms with Crippen LogP contribution in [-0.2, 0) is 72.5 Å². The molecule has 0 aliphatic carbocycles. The third kappa shape index (κ3) is 23.7. The first-order valence-corrected chi connectivity index (χ1v) is 34.8. The molecule has 23 nitrogen and oxygen atoms in total. The number of aryl methyl sites for hydroxylation is 1. The Morgan fingerprint density at radius 3 is 1.41 bits per heavy atom. The number of amides is 8. The monoisotopic (exact) mass is 1380 g/mol. The van der Waals surface area contributed by atoms with Crippen LogP contribution in [0, 0.1) is 59.2 Å². The Hall–Kier alpha value is -6.31. The van der Waals surface area contributed by atoms with Crippen molar-refractivity contribution in [2.45, 2.75) is 243 Å². The number of nitrogens with zero attached hydrogens (tertiary/aromatic N) is 10. The van der Waals surface area contributed by atoms with Crippen molar-refractivity contribution in [2.75, 3.05) is 62.9 Å². The van der Waals surface area contributed by atoms with Gasteiger partial charge in [-0.25, -0.2) is 0 Å². The summed E-state index contributed by atoms with van der Waals surface area (Å²) in [6, 6.07) is -8.93. The zero-order valence-electron chi connectivity index (χ0n) is 63.4. The van der Waals surface area contributed by atoms with E-state index >= 15 is 19.2 Å². The minimum absolute atomic E-state index is 0.0311. The van der Waals surface area contributed by atoms with Crippen molar-refractivity contribution in [1.82, 2.24) is 54.3 Å². The second-order valence-corrected chi connectivity index (χ2v) is 30.3. The Balaban J connectivity index is 3.02. The maximum absolute atomic E-state index is 15.5. The highest BCUT2D eigenvalue weighted by Crippen LogP contribution is 2.32. The molecule has 554 valence electrons. The fourth-order valence-corrected chi connectivity index (χ4v) is 13.0. The first-order chi connectivity index (χ1) is 44.6. The van der Waals surface area contributed by atoms with Crippen LogP contribution < -0.4 is 5.32 Å². The average molecular weight is 1380 g/mol. The number of carbonyl (C=O) groups excluding carboxylic acids is 11. The number of alkyl halides is 3. The summed E-state index contributed by atoms with van der Waals surface area (Å²) in [5, 5.41) is 18.9. The molecule has 13 atom stereocenters. The molecular weight excluding hydrogens is 1260 g/mol. The fraction of sp³-hybridized carbons (Fsp3) is 0.803. The Labute approximate surface area is 577 Å². The van der Waals surface area contributed by atoms with E-state index in [1.165, 1.54) is 107 Å². The zero-order valence-corrected chi connectivity index (χ0v) is 63.4. The highest BCUT2D eigenvalue weighted by molar-refractivity contribution is 6.00. The normalized spacial score (nSPS) is 26.3. The SMILES string of the molecule is CC[C@H]1CC(=O)[C@@H]([C@H](O)[C@H](C)CCN(C)Cc2cc(C(F)(F)F)nn2C)N(C)C(=O)[C@@H](C(C)C)N(C)C(=O)[C@@H](CC(C)C)N(C)C(=O)[C@@H](CC(C)C)N(C)C(=O)[C@H](C)NC(=O)[C@@H](C)CC(=O)[C@@H](CC(C)C)N(C)C(=O)[C@@H](C(C)C)CC(=O)[C@H](CC(C)C)N(C)C(=O)[C@@H](C)N(C)C1=O. The lowest BCUT2D eigenvalue weighted by molar-refractivity contribution is -0.157. The molecule has 1 aliphatic rings. The quantitative estimate of drug-likeness (QED) is 0.147. The third-order valence-electron chi connectivity index (χ3n) is 19.5. The number of ketones is 3. The smallest absolute Gasteiger partial charge is 0.390 e. The molecule has 2 rings (SSSR count). The van der Waals surface area contributed by atoms with E-state index in [0.717, 1.165) is 15.6 Å². The third-order valence-corrected chi connectivity index (χ3v) is 19.5. The van der Waals surface area contributed by atoms with E-state index in [1.807, 2.05) is 55.4 Å². The van der Waals surface area contributed by atoms with E-state index in [4.69, 9.17) is 0 Å². The number of aliphatic hydroxyl groups excluding tert-OH is 1. The van der Waals surface area contributed by atoms with Gasteiger partial charge in [0.15, 0.2) is 23.0 Å². The molecular formula is C71H122F3N11O12. The lowest BCUT2D eigenvalue weighted by Gasteiger charge is -2.42. The fourth-order valence-electron chi connectivity index (χ4n) is 13.0. The number of aliphatic hydroxyl groups is 1. The van der Waals surface area contributed by atoms with Crippen LogP contribution in [0.1, 0.15) is 187 Å². The zero-order chi connectivity index (χ0) is 75.1. The van der Waals surface area contributed by atoms with Crippen molar-refractivity contribution in [1.29, 1.82) is 0 Å². The van der Waals surface area contributed by atoms with Gasteiger partial charge in [0.05, 0.1) is 23.9 Å². The van der Waals surface area contributed by atoms with Crippen LogP contribution in [0.4, 0.5) is 13.2 Å². The lowest BCUT2D eigenvalue weighted by atomic mass is 9.84. The van der Waals surface area contributed by atoms with Crippen molar-refractivity contribution in [3.05, 3.63) is 17.5 Å². The number of hydrogen-bond donors (Lipinski definition) is 2. The molecule has 1 aromatic rings. The highest BCUT2D eigenvalue weighted by Gasteiger charge is 2.46. The van der Waals surface area contributed by atoms with E-state index in [1.54, 1.807) is 53.5 Å². The summed E-state index contributed by atoms with van der Waals surface area (Å²) in [6.45, 7) is 30.0. The molecule has 0 saturated carbocycles. The Morgan fingerprint density at radius 2 is 0.969 bits per heavy atom. The van der Waals surface area contributed by atoms with Crippen molar-refractivity contribution in [3.8, 4) is 0 Å². The van der Waals surface area contributed by atoms with E-state index in [0.29, 0.717) is 0 Å². The van der Waals surface area contributed by atoms with Crippen LogP contribution in [0.5, 0.6) is 0 Å². The van der Waals surface area contributed by atoms with E-state index in [2.05, 4.69) is 10.4 Å². The summed E-state index contributed by atoms with van der Waals surface area (Å²) in [6.07, 6.45) is -6.61. The molecule has 2 N–H and O–H groups in total. The number of rotatable bonds is 18. The molecule has 1 fully saturated rings. The van der Waals surface area contributed by atoms with Gasteiger partial charge in [-0.05, 0) is 113 Å². The van der Waals surface area contributed by atoms with Crippen molar-refractivity contribution in [3.63, 3.8) is 0 Å². The number of nitrogens with one attached hydrogen (secondary N) is 1. The molecule has 2 heterocycles. The minimum atomic E-state index is -4.67. The predicted molar refractivity (Wildman–Crippen MR) is 366 cm³/mol. The van der Waals surface area contributed by atoms with Gasteiger partial charge in [0, 0.05) is 99.9 Å². The average Bonchev–Trinajstić information content (AvgIpc) is 1.59. The van der Waals surface area contributed by atoms with Crippen molar-refractivity contribution in [2.24, 2.45) is 66.2 Å². The second-order valence-electron chi connectivity index (χ2n) is 30.3. The van der Waals surface area contributed by atoms with E-state index in [-0.39, 0.29) is 93.8 Å². The lowest BCUT2D eigenvalue weighted by Crippen LogP contribution is -2.62. The molecule has 0 radical (unpaired) electrons. The Kier molecular flexibility index (Phi) is 33.8. The molecule has 0 aromatic carbocycles. The van der Waals surface area contributed by atoms with Gasteiger partial charge in [-0.3, -0.25) is 57.4 Å². The predicted octanol–water partition coefficient (Wildman–Crippen LogP) is 7.24. The summed E-state index contributed by atoms with van der Waals surface area (Å²) in [5.41, 5.74) is -0.799. The first-order valence-electron chi connectivity index (χ1n) is 34.8. The van der Waals surface area contributed by atoms with Crippen LogP contribution in [0.25, 0.3) is 0 Å². The number of hydrogen-bond acceptors (Lipinski definition) is 14. The topological polar surface area (TPSA) is 264 Å². The first kappa shape index (κ1) is 86.8. The van der Waals surface area contributed by atoms with Crippen molar-refractivity contribution < 1.29 is 71.0 Å². The molecule has 1 saturated heterocycles. The summed E-state index contributed by atoms with van der Waals surface area (Å²) >= 11 is 0. The summed E-state index contributed by atoms with van der Waals surface area (Å²) < 4.78 is 42.0.